The van der Waals surface area contributed by atoms with Gasteiger partial charge in [-0.3, -0.25) is 0 Å². The summed E-state index contributed by atoms with van der Waals surface area (Å²) in [6.07, 6.45) is 1.84. The van der Waals surface area contributed by atoms with Crippen molar-refractivity contribution < 1.29 is 19.0 Å². The predicted octanol–water partition coefficient (Wildman–Crippen LogP) is 1.14. The molecule has 28 heavy (non-hydrogen) atoms. The van der Waals surface area contributed by atoms with Gasteiger partial charge in [0.05, 0.1) is 13.3 Å². The lowest BCUT2D eigenvalue weighted by atomic mass is 10.1. The first-order valence-electron chi connectivity index (χ1n) is 10.0. The van der Waals surface area contributed by atoms with Crippen LogP contribution in [0.15, 0.2) is 59.1 Å². The van der Waals surface area contributed by atoms with Gasteiger partial charge in [0.15, 0.2) is 12.3 Å². The Bertz CT molecular complexity index is 899. The fourth-order valence-corrected chi connectivity index (χ4v) is 3.97. The molecule has 0 spiro atoms. The highest BCUT2D eigenvalue weighted by atomic mass is 16.5. The first kappa shape index (κ1) is 18.7. The van der Waals surface area contributed by atoms with Crippen molar-refractivity contribution in [1.29, 1.82) is 0 Å². The van der Waals surface area contributed by atoms with Gasteiger partial charge in [-0.25, -0.2) is 4.98 Å². The third kappa shape index (κ3) is 4.43. The molecule has 0 bridgehead atoms. The van der Waals surface area contributed by atoms with E-state index in [1.54, 1.807) is 16.9 Å². The van der Waals surface area contributed by atoms with Gasteiger partial charge in [-0.2, -0.15) is 0 Å². The maximum Gasteiger partial charge on any atom is 0.250 e. The van der Waals surface area contributed by atoms with Gasteiger partial charge in [0, 0.05) is 11.1 Å². The van der Waals surface area contributed by atoms with Gasteiger partial charge >= 0.3 is 0 Å². The molecule has 0 atom stereocenters. The average molecular weight is 380 g/mol. The molecule has 0 saturated carbocycles. The Morgan fingerprint density at radius 1 is 0.964 bits per heavy atom. The van der Waals surface area contributed by atoms with Crippen molar-refractivity contribution in [3.63, 3.8) is 0 Å². The number of methoxy groups -OCH3 is 1. The topological polar surface area (TPSA) is 44.1 Å². The van der Waals surface area contributed by atoms with Crippen LogP contribution in [0.5, 0.6) is 5.75 Å². The Labute approximate surface area is 166 Å². The number of rotatable bonds is 6. The van der Waals surface area contributed by atoms with Crippen LogP contribution < -0.4 is 14.5 Å². The molecule has 4 rings (SSSR count). The summed E-state index contributed by atoms with van der Waals surface area (Å²) >= 11 is 0. The number of hydrogen-bond donors (Lipinski definition) is 2. The summed E-state index contributed by atoms with van der Waals surface area (Å²) in [4.78, 5) is 7.65. The van der Waals surface area contributed by atoms with Gasteiger partial charge in [-0.15, -0.1) is 0 Å². The molecule has 2 N–H and O–H groups in total. The number of aromatic nitrogens is 1. The van der Waals surface area contributed by atoms with Gasteiger partial charge in [0.1, 0.15) is 38.5 Å². The zero-order chi connectivity index (χ0) is 19.3. The third-order valence-corrected chi connectivity index (χ3v) is 5.55. The smallest absolute Gasteiger partial charge is 0.250 e. The van der Waals surface area contributed by atoms with E-state index in [0.717, 1.165) is 62.2 Å². The van der Waals surface area contributed by atoms with Crippen molar-refractivity contribution in [2.45, 2.75) is 20.0 Å². The summed E-state index contributed by atoms with van der Waals surface area (Å²) in [5.74, 6) is 2.68. The van der Waals surface area contributed by atoms with Crippen LogP contribution in [0.1, 0.15) is 17.0 Å². The molecule has 0 amide bonds. The van der Waals surface area contributed by atoms with Gasteiger partial charge in [0.2, 0.25) is 0 Å². The number of quaternary nitrogens is 2. The van der Waals surface area contributed by atoms with Gasteiger partial charge in [-0.05, 0) is 19.1 Å². The zero-order valence-corrected chi connectivity index (χ0v) is 16.7. The van der Waals surface area contributed by atoms with Crippen LogP contribution in [-0.4, -0.2) is 38.3 Å². The molecule has 1 aliphatic rings. The predicted molar refractivity (Wildman–Crippen MR) is 108 cm³/mol. The molecule has 1 aromatic heterocycles. The van der Waals surface area contributed by atoms with E-state index in [4.69, 9.17) is 9.15 Å². The molecule has 1 fully saturated rings. The summed E-state index contributed by atoms with van der Waals surface area (Å²) in [5.41, 5.74) is 3.68. The molecule has 5 nitrogen and oxygen atoms in total. The van der Waals surface area contributed by atoms with E-state index in [1.807, 2.05) is 24.4 Å². The lowest BCUT2D eigenvalue weighted by Crippen LogP contribution is -3.27. The summed E-state index contributed by atoms with van der Waals surface area (Å²) in [6, 6.07) is 16.6. The second-order valence-corrected chi connectivity index (χ2v) is 7.65. The lowest BCUT2D eigenvalue weighted by molar-refractivity contribution is -1.02. The van der Waals surface area contributed by atoms with Crippen molar-refractivity contribution in [1.82, 2.24) is 4.98 Å². The fraction of sp³-hybridized carbons (Fsp3) is 0.348. The number of hydrogen-bond acceptors (Lipinski definition) is 3. The second kappa shape index (κ2) is 8.59. The Morgan fingerprint density at radius 3 is 2.39 bits per heavy atom. The highest BCUT2D eigenvalue weighted by Gasteiger charge is 2.25. The van der Waals surface area contributed by atoms with Crippen molar-refractivity contribution >= 4 is 0 Å². The number of benzene rings is 2. The quantitative estimate of drug-likeness (QED) is 0.675. The van der Waals surface area contributed by atoms with Crippen molar-refractivity contribution in [3.05, 3.63) is 71.7 Å². The largest absolute Gasteiger partial charge is 0.496 e. The molecule has 2 heterocycles. The monoisotopic (exact) mass is 379 g/mol. The zero-order valence-electron chi connectivity index (χ0n) is 16.7. The van der Waals surface area contributed by atoms with E-state index < -0.39 is 0 Å². The van der Waals surface area contributed by atoms with Crippen molar-refractivity contribution in [3.8, 4) is 17.1 Å². The number of nitrogens with zero attached hydrogens (tertiary/aromatic N) is 1. The molecular weight excluding hydrogens is 350 g/mol. The number of piperazine rings is 1. The normalized spacial score (nSPS) is 19.5. The summed E-state index contributed by atoms with van der Waals surface area (Å²) in [6.45, 7) is 8.58. The molecular formula is C23H29N3O2+2. The summed E-state index contributed by atoms with van der Waals surface area (Å²) in [7, 11) is 1.76. The number of oxazole rings is 1. The maximum absolute atomic E-state index is 5.98. The van der Waals surface area contributed by atoms with Crippen LogP contribution in [0.25, 0.3) is 11.3 Å². The molecule has 0 unspecified atom stereocenters. The van der Waals surface area contributed by atoms with Gasteiger partial charge in [-0.1, -0.05) is 42.0 Å². The van der Waals surface area contributed by atoms with Crippen LogP contribution in [0.2, 0.25) is 0 Å². The Balaban J connectivity index is 1.31. The fourth-order valence-electron chi connectivity index (χ4n) is 3.97. The first-order valence-corrected chi connectivity index (χ1v) is 10.0. The maximum atomic E-state index is 5.98. The van der Waals surface area contributed by atoms with E-state index >= 15 is 0 Å². The van der Waals surface area contributed by atoms with Crippen LogP contribution in [0, 0.1) is 6.92 Å². The van der Waals surface area contributed by atoms with E-state index in [2.05, 4.69) is 42.2 Å². The minimum Gasteiger partial charge on any atom is -0.496 e. The standard InChI is InChI=1S/C23H27N3O2/c1-18-8-9-21(27-2)20(14-18)16-25-10-12-26(13-11-25)17-23-24-15-22(28-23)19-6-4-3-5-7-19/h3-9,14-15H,10-13,16-17H2,1-2H3/p+2. The lowest BCUT2D eigenvalue weighted by Gasteiger charge is -2.29. The third-order valence-electron chi connectivity index (χ3n) is 5.55. The highest BCUT2D eigenvalue weighted by molar-refractivity contribution is 5.55. The number of ether oxygens (including phenoxy) is 1. The van der Waals surface area contributed by atoms with Gasteiger partial charge < -0.3 is 19.0 Å². The minimum atomic E-state index is 0.831. The van der Waals surface area contributed by atoms with Crippen LogP contribution in [0.3, 0.4) is 0 Å². The van der Waals surface area contributed by atoms with E-state index in [-0.39, 0.29) is 0 Å². The van der Waals surface area contributed by atoms with E-state index in [9.17, 15) is 0 Å². The Hall–Kier alpha value is -2.63. The minimum absolute atomic E-state index is 0.831. The second-order valence-electron chi connectivity index (χ2n) is 7.65. The molecule has 3 aromatic rings. The molecule has 0 radical (unpaired) electrons. The number of nitrogens with one attached hydrogen (secondary N) is 2. The van der Waals surface area contributed by atoms with Crippen LogP contribution in [0.4, 0.5) is 0 Å². The van der Waals surface area contributed by atoms with Gasteiger partial charge in [0.25, 0.3) is 5.89 Å². The Morgan fingerprint density at radius 2 is 1.68 bits per heavy atom. The molecule has 0 aliphatic carbocycles. The summed E-state index contributed by atoms with van der Waals surface area (Å²) < 4.78 is 11.5. The average Bonchev–Trinajstić information content (AvgIpc) is 3.19. The van der Waals surface area contributed by atoms with Crippen LogP contribution in [-0.2, 0) is 13.1 Å². The van der Waals surface area contributed by atoms with E-state index in [0.29, 0.717) is 0 Å². The van der Waals surface area contributed by atoms with Crippen molar-refractivity contribution in [2.75, 3.05) is 33.3 Å². The number of aryl methyl sites for hydroxylation is 1. The first-order chi connectivity index (χ1) is 13.7. The highest BCUT2D eigenvalue weighted by Crippen LogP contribution is 2.19. The SMILES string of the molecule is COc1ccc(C)cc1C[NH+]1CC[NH+](Cc2ncc(-c3ccccc3)o2)CC1. The molecule has 1 aliphatic heterocycles. The molecule has 5 heteroatoms. The molecule has 2 aromatic carbocycles. The summed E-state index contributed by atoms with van der Waals surface area (Å²) in [5, 5.41) is 0. The van der Waals surface area contributed by atoms with E-state index in [1.165, 1.54) is 11.1 Å². The van der Waals surface area contributed by atoms with Crippen LogP contribution >= 0.6 is 0 Å². The molecule has 1 saturated heterocycles. The van der Waals surface area contributed by atoms with Crippen molar-refractivity contribution in [2.24, 2.45) is 0 Å². The Kier molecular flexibility index (Phi) is 5.74. The molecule has 146 valence electrons.